The molecule has 1 amide bonds. The van der Waals surface area contributed by atoms with Gasteiger partial charge < -0.3 is 5.73 Å². The highest BCUT2D eigenvalue weighted by Crippen LogP contribution is 2.28. The van der Waals surface area contributed by atoms with Gasteiger partial charge in [-0.05, 0) is 31.5 Å². The molecule has 0 saturated carbocycles. The van der Waals surface area contributed by atoms with Crippen molar-refractivity contribution in [3.8, 4) is 11.3 Å². The predicted octanol–water partition coefficient (Wildman–Crippen LogP) is 2.55. The van der Waals surface area contributed by atoms with E-state index in [1.807, 2.05) is 6.92 Å². The number of primary amides is 1. The maximum absolute atomic E-state index is 13.7. The average molecular weight is 296 g/mol. The molecule has 2 N–H and O–H groups in total. The number of amides is 1. The number of halogens is 1. The average Bonchev–Trinajstić information content (AvgIpc) is 2.49. The summed E-state index contributed by atoms with van der Waals surface area (Å²) in [5.74, 6) is -1.02. The van der Waals surface area contributed by atoms with Crippen LogP contribution >= 0.6 is 0 Å². The van der Waals surface area contributed by atoms with Crippen molar-refractivity contribution in [3.63, 3.8) is 0 Å². The van der Waals surface area contributed by atoms with E-state index in [1.165, 1.54) is 6.20 Å². The van der Waals surface area contributed by atoms with Gasteiger partial charge >= 0.3 is 0 Å². The van der Waals surface area contributed by atoms with Gasteiger partial charge in [0.2, 0.25) is 0 Å². The summed E-state index contributed by atoms with van der Waals surface area (Å²) in [6.07, 6.45) is 4.22. The maximum atomic E-state index is 13.7. The summed E-state index contributed by atoms with van der Waals surface area (Å²) in [6, 6.07) is 3.46. The second-order valence-corrected chi connectivity index (χ2v) is 5.01. The molecule has 110 valence electrons. The fourth-order valence-electron chi connectivity index (χ4n) is 2.44. The molecule has 0 aromatic carbocycles. The van der Waals surface area contributed by atoms with Gasteiger partial charge in [-0.3, -0.25) is 19.7 Å². The number of rotatable bonds is 2. The van der Waals surface area contributed by atoms with Gasteiger partial charge in [0, 0.05) is 34.4 Å². The van der Waals surface area contributed by atoms with Crippen molar-refractivity contribution in [2.45, 2.75) is 13.8 Å². The van der Waals surface area contributed by atoms with E-state index >= 15 is 0 Å². The van der Waals surface area contributed by atoms with Crippen molar-refractivity contribution >= 4 is 16.7 Å². The van der Waals surface area contributed by atoms with Gasteiger partial charge in [0.15, 0.2) is 0 Å². The Labute approximate surface area is 126 Å². The van der Waals surface area contributed by atoms with E-state index in [0.29, 0.717) is 27.9 Å². The smallest absolute Gasteiger partial charge is 0.267 e. The quantitative estimate of drug-likeness (QED) is 0.788. The van der Waals surface area contributed by atoms with Crippen molar-refractivity contribution in [3.05, 3.63) is 53.5 Å². The third kappa shape index (κ3) is 2.18. The first-order chi connectivity index (χ1) is 10.5. The van der Waals surface area contributed by atoms with E-state index in [9.17, 15) is 9.18 Å². The molecule has 3 aromatic heterocycles. The topological polar surface area (TPSA) is 81.8 Å². The lowest BCUT2D eigenvalue weighted by atomic mass is 10.0. The number of fused-ring (bicyclic) bond motifs is 1. The van der Waals surface area contributed by atoms with Crippen LogP contribution in [0.1, 0.15) is 21.7 Å². The second-order valence-electron chi connectivity index (χ2n) is 5.01. The van der Waals surface area contributed by atoms with E-state index in [0.717, 1.165) is 11.6 Å². The van der Waals surface area contributed by atoms with Gasteiger partial charge in [0.05, 0.1) is 11.9 Å². The van der Waals surface area contributed by atoms with Crippen molar-refractivity contribution in [2.75, 3.05) is 0 Å². The Hall–Kier alpha value is -2.89. The Balaban J connectivity index is 2.35. The molecular formula is C16H13FN4O. The van der Waals surface area contributed by atoms with Crippen LogP contribution in [0.3, 0.4) is 0 Å². The fourth-order valence-corrected chi connectivity index (χ4v) is 2.44. The summed E-state index contributed by atoms with van der Waals surface area (Å²) < 4.78 is 13.7. The van der Waals surface area contributed by atoms with Gasteiger partial charge in [-0.15, -0.1) is 0 Å². The minimum absolute atomic E-state index is 0.172. The van der Waals surface area contributed by atoms with Crippen molar-refractivity contribution in [1.29, 1.82) is 0 Å². The molecule has 0 radical (unpaired) electrons. The van der Waals surface area contributed by atoms with E-state index in [2.05, 4.69) is 15.0 Å². The Bertz CT molecular complexity index is 908. The number of hydrogen-bond acceptors (Lipinski definition) is 4. The molecule has 3 aromatic rings. The Morgan fingerprint density at radius 3 is 2.73 bits per heavy atom. The highest BCUT2D eigenvalue weighted by molar-refractivity contribution is 6.05. The number of nitrogens with zero attached hydrogens (tertiary/aromatic N) is 3. The zero-order valence-electron chi connectivity index (χ0n) is 12.1. The summed E-state index contributed by atoms with van der Waals surface area (Å²) in [6.45, 7) is 3.48. The van der Waals surface area contributed by atoms with Crippen LogP contribution in [0.15, 0.2) is 30.7 Å². The molecule has 0 spiro atoms. The van der Waals surface area contributed by atoms with Crippen LogP contribution in [0.25, 0.3) is 22.0 Å². The third-order valence-electron chi connectivity index (χ3n) is 3.61. The summed E-state index contributed by atoms with van der Waals surface area (Å²) in [4.78, 5) is 23.9. The highest BCUT2D eigenvalue weighted by atomic mass is 19.1. The van der Waals surface area contributed by atoms with Gasteiger partial charge in [-0.2, -0.15) is 0 Å². The summed E-state index contributed by atoms with van der Waals surface area (Å²) in [5, 5.41) is 1.38. The molecule has 0 aliphatic rings. The second kappa shape index (κ2) is 5.14. The number of carbonyl (C=O) groups is 1. The molecule has 22 heavy (non-hydrogen) atoms. The van der Waals surface area contributed by atoms with Crippen LogP contribution in [0.5, 0.6) is 0 Å². The lowest BCUT2D eigenvalue weighted by Crippen LogP contribution is -2.13. The zero-order valence-corrected chi connectivity index (χ0v) is 12.1. The van der Waals surface area contributed by atoms with Gasteiger partial charge in [-0.1, -0.05) is 0 Å². The SMILES string of the molecule is Cc1c(F)cncc1-c1cc2c(C(N)=O)nccc2c(C)n1. The molecule has 0 saturated heterocycles. The molecule has 3 heterocycles. The normalized spacial score (nSPS) is 10.9. The molecule has 0 aliphatic heterocycles. The van der Waals surface area contributed by atoms with Crippen molar-refractivity contribution < 1.29 is 9.18 Å². The monoisotopic (exact) mass is 296 g/mol. The summed E-state index contributed by atoms with van der Waals surface area (Å²) in [7, 11) is 0. The van der Waals surface area contributed by atoms with E-state index < -0.39 is 11.7 Å². The number of aromatic nitrogens is 3. The Morgan fingerprint density at radius 1 is 1.23 bits per heavy atom. The predicted molar refractivity (Wildman–Crippen MR) is 80.7 cm³/mol. The zero-order chi connectivity index (χ0) is 15.9. The van der Waals surface area contributed by atoms with Crippen LogP contribution in [0.2, 0.25) is 0 Å². The summed E-state index contributed by atoms with van der Waals surface area (Å²) in [5.41, 5.74) is 7.82. The first kappa shape index (κ1) is 14.1. The summed E-state index contributed by atoms with van der Waals surface area (Å²) >= 11 is 0. The largest absolute Gasteiger partial charge is 0.364 e. The first-order valence-corrected chi connectivity index (χ1v) is 6.65. The van der Waals surface area contributed by atoms with Gasteiger partial charge in [-0.25, -0.2) is 4.39 Å². The minimum Gasteiger partial charge on any atom is -0.364 e. The number of pyridine rings is 3. The van der Waals surface area contributed by atoms with Crippen molar-refractivity contribution in [2.24, 2.45) is 5.73 Å². The van der Waals surface area contributed by atoms with Crippen LogP contribution < -0.4 is 5.73 Å². The van der Waals surface area contributed by atoms with Gasteiger partial charge in [0.25, 0.3) is 5.91 Å². The Morgan fingerprint density at radius 2 is 2.00 bits per heavy atom. The van der Waals surface area contributed by atoms with Crippen LogP contribution in [0.4, 0.5) is 4.39 Å². The number of nitrogens with two attached hydrogens (primary N) is 1. The molecule has 0 fully saturated rings. The van der Waals surface area contributed by atoms with E-state index in [4.69, 9.17) is 5.73 Å². The van der Waals surface area contributed by atoms with Crippen LogP contribution in [0, 0.1) is 19.7 Å². The molecule has 0 unspecified atom stereocenters. The lowest BCUT2D eigenvalue weighted by molar-refractivity contribution is 0.0997. The lowest BCUT2D eigenvalue weighted by Gasteiger charge is -2.10. The molecule has 0 aliphatic carbocycles. The first-order valence-electron chi connectivity index (χ1n) is 6.65. The van der Waals surface area contributed by atoms with Crippen molar-refractivity contribution in [1.82, 2.24) is 15.0 Å². The standard InChI is InChI=1S/C16H13FN4O/c1-8-12(6-19-7-13(8)17)14-5-11-10(9(2)21-14)3-4-20-15(11)16(18)22/h3-7H,1-2H3,(H2,18,22). The third-order valence-corrected chi connectivity index (χ3v) is 3.61. The fraction of sp³-hybridized carbons (Fsp3) is 0.125. The van der Waals surface area contributed by atoms with E-state index in [-0.39, 0.29) is 5.69 Å². The maximum Gasteiger partial charge on any atom is 0.267 e. The number of carbonyl (C=O) groups excluding carboxylic acids is 1. The molecule has 0 atom stereocenters. The Kier molecular flexibility index (Phi) is 3.29. The minimum atomic E-state index is -0.615. The van der Waals surface area contributed by atoms with Gasteiger partial charge in [0.1, 0.15) is 11.5 Å². The van der Waals surface area contributed by atoms with Crippen LogP contribution in [-0.2, 0) is 0 Å². The number of aryl methyl sites for hydroxylation is 1. The molecule has 5 nitrogen and oxygen atoms in total. The molecular weight excluding hydrogens is 283 g/mol. The van der Waals surface area contributed by atoms with E-state index in [1.54, 1.807) is 25.3 Å². The highest BCUT2D eigenvalue weighted by Gasteiger charge is 2.14. The number of hydrogen-bond donors (Lipinski definition) is 1. The molecule has 0 bridgehead atoms. The molecule has 3 rings (SSSR count). The molecule has 6 heteroatoms. The van der Waals surface area contributed by atoms with Crippen LogP contribution in [-0.4, -0.2) is 20.9 Å².